The van der Waals surface area contributed by atoms with Gasteiger partial charge in [0, 0.05) is 17.8 Å². The molecule has 0 unspecified atom stereocenters. The Morgan fingerprint density at radius 1 is 1.17 bits per heavy atom. The molecular formula is C19H26F3N3O5. The van der Waals surface area contributed by atoms with Crippen LogP contribution in [0, 0.1) is 0 Å². The predicted octanol–water partition coefficient (Wildman–Crippen LogP) is 2.46. The van der Waals surface area contributed by atoms with Gasteiger partial charge in [-0.15, -0.1) is 0 Å². The Kier molecular flexibility index (Phi) is 11.8. The van der Waals surface area contributed by atoms with E-state index < -0.39 is 18.2 Å². The van der Waals surface area contributed by atoms with Gasteiger partial charge in [-0.2, -0.15) is 13.2 Å². The second-order valence-electron chi connectivity index (χ2n) is 5.92. The van der Waals surface area contributed by atoms with E-state index in [1.54, 1.807) is 37.5 Å². The minimum atomic E-state index is -5.08. The number of carboxylic acids is 1. The highest BCUT2D eigenvalue weighted by Crippen LogP contribution is 2.15. The molecule has 2 atom stereocenters. The standard InChI is InChI=1S/C17H25N3O3.C2HF3O2/c1-4-12(20-17(22)15(18)5-2)8-11-16(21)19-13-6-9-14(23-3)10-7-13;3-2(4,5)1(6)7/h6-12,15H,4-5,18H2,1-3H3,(H,19,21)(H,20,22);(H,6,7)/b11-8+;/t12-,15-;/m0./s1. The Labute approximate surface area is 172 Å². The molecule has 0 aliphatic rings. The molecular weight excluding hydrogens is 407 g/mol. The van der Waals surface area contributed by atoms with E-state index in [1.807, 2.05) is 13.8 Å². The Morgan fingerprint density at radius 3 is 2.10 bits per heavy atom. The fourth-order valence-corrected chi connectivity index (χ4v) is 1.82. The molecule has 0 saturated heterocycles. The topological polar surface area (TPSA) is 131 Å². The van der Waals surface area contributed by atoms with Gasteiger partial charge in [0.25, 0.3) is 0 Å². The molecule has 11 heteroatoms. The van der Waals surface area contributed by atoms with Crippen LogP contribution in [0.5, 0.6) is 5.75 Å². The number of hydrogen-bond donors (Lipinski definition) is 4. The largest absolute Gasteiger partial charge is 0.497 e. The summed E-state index contributed by atoms with van der Waals surface area (Å²) in [5, 5.41) is 12.7. The third-order valence-electron chi connectivity index (χ3n) is 3.62. The van der Waals surface area contributed by atoms with Crippen molar-refractivity contribution in [2.45, 2.75) is 44.9 Å². The summed E-state index contributed by atoms with van der Waals surface area (Å²) in [7, 11) is 1.58. The van der Waals surface area contributed by atoms with Crippen LogP contribution in [0.25, 0.3) is 0 Å². The summed E-state index contributed by atoms with van der Waals surface area (Å²) >= 11 is 0. The molecule has 168 valence electrons. The number of aliphatic carboxylic acids is 1. The molecule has 0 aliphatic carbocycles. The maximum atomic E-state index is 11.9. The van der Waals surface area contributed by atoms with Crippen molar-refractivity contribution in [3.05, 3.63) is 36.4 Å². The number of carbonyl (C=O) groups excluding carboxylic acids is 2. The molecule has 0 aliphatic heterocycles. The number of halogens is 3. The van der Waals surface area contributed by atoms with Gasteiger partial charge in [-0.05, 0) is 37.1 Å². The lowest BCUT2D eigenvalue weighted by Crippen LogP contribution is -2.44. The summed E-state index contributed by atoms with van der Waals surface area (Å²) in [5.74, 6) is -2.51. The molecule has 0 spiro atoms. The number of nitrogens with two attached hydrogens (primary N) is 1. The number of anilines is 1. The summed E-state index contributed by atoms with van der Waals surface area (Å²) in [5.41, 5.74) is 6.35. The van der Waals surface area contributed by atoms with E-state index in [9.17, 15) is 22.8 Å². The molecule has 0 heterocycles. The Hall–Kier alpha value is -3.08. The highest BCUT2D eigenvalue weighted by molar-refractivity contribution is 5.99. The molecule has 5 N–H and O–H groups in total. The van der Waals surface area contributed by atoms with Gasteiger partial charge in [-0.25, -0.2) is 4.79 Å². The molecule has 0 saturated carbocycles. The van der Waals surface area contributed by atoms with Gasteiger partial charge in [-0.3, -0.25) is 9.59 Å². The van der Waals surface area contributed by atoms with Gasteiger partial charge in [-0.1, -0.05) is 19.9 Å². The minimum absolute atomic E-state index is 0.209. The van der Waals surface area contributed by atoms with E-state index in [0.29, 0.717) is 18.5 Å². The van der Waals surface area contributed by atoms with Crippen LogP contribution in [0.1, 0.15) is 26.7 Å². The SMILES string of the molecule is CC[C@@H](/C=C/C(=O)Nc1ccc(OC)cc1)NC(=O)[C@@H](N)CC.O=C(O)C(F)(F)F. The van der Waals surface area contributed by atoms with E-state index in [-0.39, 0.29) is 17.9 Å². The average molecular weight is 433 g/mol. The van der Waals surface area contributed by atoms with Crippen LogP contribution < -0.4 is 21.1 Å². The molecule has 2 amide bonds. The smallest absolute Gasteiger partial charge is 0.490 e. The van der Waals surface area contributed by atoms with Gasteiger partial charge in [0.2, 0.25) is 11.8 Å². The quantitative estimate of drug-likeness (QED) is 0.466. The predicted molar refractivity (Wildman–Crippen MR) is 105 cm³/mol. The fourth-order valence-electron chi connectivity index (χ4n) is 1.82. The summed E-state index contributed by atoms with van der Waals surface area (Å²) in [4.78, 5) is 32.5. The van der Waals surface area contributed by atoms with Crippen LogP contribution in [0.3, 0.4) is 0 Å². The van der Waals surface area contributed by atoms with Crippen LogP contribution >= 0.6 is 0 Å². The summed E-state index contributed by atoms with van der Waals surface area (Å²) in [6, 6.07) is 6.29. The number of carboxylic acid groups (broad SMARTS) is 1. The van der Waals surface area contributed by atoms with Crippen LogP contribution in [0.15, 0.2) is 36.4 Å². The van der Waals surface area contributed by atoms with Crippen molar-refractivity contribution in [1.82, 2.24) is 5.32 Å². The molecule has 30 heavy (non-hydrogen) atoms. The maximum Gasteiger partial charge on any atom is 0.490 e. The number of amides is 2. The third-order valence-corrected chi connectivity index (χ3v) is 3.62. The van der Waals surface area contributed by atoms with E-state index in [4.69, 9.17) is 20.4 Å². The van der Waals surface area contributed by atoms with Crippen molar-refractivity contribution in [2.75, 3.05) is 12.4 Å². The van der Waals surface area contributed by atoms with Gasteiger partial charge in [0.1, 0.15) is 5.75 Å². The Bertz CT molecular complexity index is 721. The lowest BCUT2D eigenvalue weighted by molar-refractivity contribution is -0.192. The number of carbonyl (C=O) groups is 3. The first-order valence-electron chi connectivity index (χ1n) is 8.93. The van der Waals surface area contributed by atoms with Crippen LogP contribution in [-0.2, 0) is 14.4 Å². The zero-order valence-corrected chi connectivity index (χ0v) is 16.8. The average Bonchev–Trinajstić information content (AvgIpc) is 2.70. The van der Waals surface area contributed by atoms with Gasteiger partial charge < -0.3 is 26.2 Å². The first-order chi connectivity index (χ1) is 13.9. The first-order valence-corrected chi connectivity index (χ1v) is 8.93. The van der Waals surface area contributed by atoms with Crippen LogP contribution in [0.2, 0.25) is 0 Å². The van der Waals surface area contributed by atoms with Crippen molar-refractivity contribution in [3.63, 3.8) is 0 Å². The van der Waals surface area contributed by atoms with Crippen molar-refractivity contribution in [2.24, 2.45) is 5.73 Å². The molecule has 1 aromatic carbocycles. The molecule has 0 fully saturated rings. The minimum Gasteiger partial charge on any atom is -0.497 e. The molecule has 0 bridgehead atoms. The third kappa shape index (κ3) is 11.1. The second-order valence-corrected chi connectivity index (χ2v) is 5.92. The van der Waals surface area contributed by atoms with Crippen molar-refractivity contribution >= 4 is 23.5 Å². The highest BCUT2D eigenvalue weighted by Gasteiger charge is 2.38. The zero-order chi connectivity index (χ0) is 23.3. The number of benzene rings is 1. The number of rotatable bonds is 8. The van der Waals surface area contributed by atoms with Crippen LogP contribution in [-0.4, -0.2) is 48.3 Å². The molecule has 0 aromatic heterocycles. The second kappa shape index (κ2) is 13.2. The van der Waals surface area contributed by atoms with Gasteiger partial charge >= 0.3 is 12.1 Å². The van der Waals surface area contributed by atoms with Crippen molar-refractivity contribution in [1.29, 1.82) is 0 Å². The van der Waals surface area contributed by atoms with Crippen molar-refractivity contribution in [3.8, 4) is 5.75 Å². The summed E-state index contributed by atoms with van der Waals surface area (Å²) in [6.07, 6.45) is -0.756. The number of alkyl halides is 3. The number of nitrogens with one attached hydrogen (secondary N) is 2. The summed E-state index contributed by atoms with van der Waals surface area (Å²) in [6.45, 7) is 3.78. The van der Waals surface area contributed by atoms with E-state index >= 15 is 0 Å². The lowest BCUT2D eigenvalue weighted by Gasteiger charge is -2.16. The molecule has 0 radical (unpaired) electrons. The Balaban J connectivity index is 0.00000103. The lowest BCUT2D eigenvalue weighted by atomic mass is 10.1. The monoisotopic (exact) mass is 433 g/mol. The Morgan fingerprint density at radius 2 is 1.70 bits per heavy atom. The van der Waals surface area contributed by atoms with E-state index in [0.717, 1.165) is 5.75 Å². The van der Waals surface area contributed by atoms with Gasteiger partial charge in [0.05, 0.1) is 13.2 Å². The van der Waals surface area contributed by atoms with E-state index in [1.165, 1.54) is 6.08 Å². The number of methoxy groups -OCH3 is 1. The van der Waals surface area contributed by atoms with Crippen LogP contribution in [0.4, 0.5) is 18.9 Å². The fraction of sp³-hybridized carbons (Fsp3) is 0.421. The van der Waals surface area contributed by atoms with E-state index in [2.05, 4.69) is 10.6 Å². The number of hydrogen-bond acceptors (Lipinski definition) is 5. The molecule has 1 rings (SSSR count). The molecule has 8 nitrogen and oxygen atoms in total. The normalized spacial score (nSPS) is 12.9. The van der Waals surface area contributed by atoms with Gasteiger partial charge in [0.15, 0.2) is 0 Å². The molecule has 1 aromatic rings. The van der Waals surface area contributed by atoms with Crippen molar-refractivity contribution < 1.29 is 37.4 Å². The summed E-state index contributed by atoms with van der Waals surface area (Å²) < 4.78 is 36.8. The zero-order valence-electron chi connectivity index (χ0n) is 16.8. The highest BCUT2D eigenvalue weighted by atomic mass is 19.4. The number of ether oxygens (including phenoxy) is 1. The maximum absolute atomic E-state index is 11.9. The first kappa shape index (κ1) is 26.9.